The molecule has 0 aliphatic carbocycles. The maximum Gasteiger partial charge on any atom is 0.248 e. The molecule has 3 heterocycles. The maximum atomic E-state index is 13.0. The molecule has 2 aliphatic heterocycles. The largest absolute Gasteiger partial charge is 0.378 e. The summed E-state index contributed by atoms with van der Waals surface area (Å²) in [4.78, 5) is 32.8. The van der Waals surface area contributed by atoms with Crippen LogP contribution in [-0.4, -0.2) is 79.7 Å². The molecule has 2 fully saturated rings. The number of likely N-dealkylation sites (tertiary alicyclic amines) is 1. The Kier molecular flexibility index (Phi) is 5.42. The molecule has 0 bridgehead atoms. The minimum absolute atomic E-state index is 0.0100. The van der Waals surface area contributed by atoms with Crippen molar-refractivity contribution >= 4 is 11.8 Å². The molecule has 7 heteroatoms. The topological polar surface area (TPSA) is 72.0 Å². The monoisotopic (exact) mass is 333 g/mol. The summed E-state index contributed by atoms with van der Waals surface area (Å²) in [6.07, 6.45) is 3.45. The Morgan fingerprint density at radius 2 is 1.92 bits per heavy atom. The molecule has 2 aliphatic rings. The number of nitrogens with zero attached hydrogens (tertiary/aromatic N) is 3. The Labute approximate surface area is 141 Å². The first kappa shape index (κ1) is 16.9. The Hall–Kier alpha value is -1.99. The number of carbonyl (C=O) groups excluding carboxylic acids is 2. The van der Waals surface area contributed by atoms with Crippen molar-refractivity contribution in [3.8, 4) is 0 Å². The van der Waals surface area contributed by atoms with Gasteiger partial charge in [0.25, 0.3) is 0 Å². The molecule has 0 radical (unpaired) electrons. The van der Waals surface area contributed by atoms with E-state index in [-0.39, 0.29) is 30.3 Å². The van der Waals surface area contributed by atoms with Gasteiger partial charge in [-0.3, -0.25) is 14.6 Å². The second-order valence-corrected chi connectivity index (χ2v) is 6.16. The first-order chi connectivity index (χ1) is 11.7. The number of morpholine rings is 1. The van der Waals surface area contributed by atoms with Gasteiger partial charge in [-0.05, 0) is 17.7 Å². The summed E-state index contributed by atoms with van der Waals surface area (Å²) in [6, 6.07) is 3.85. The van der Waals surface area contributed by atoms with Crippen LogP contribution in [-0.2, 0) is 19.1 Å². The van der Waals surface area contributed by atoms with Gasteiger partial charge >= 0.3 is 0 Å². The number of pyridine rings is 1. The fraction of sp³-hybridized carbons (Fsp3) is 0.588. The van der Waals surface area contributed by atoms with Gasteiger partial charge in [-0.15, -0.1) is 0 Å². The van der Waals surface area contributed by atoms with E-state index in [0.29, 0.717) is 39.4 Å². The number of aromatic nitrogens is 1. The average Bonchev–Trinajstić information content (AvgIpc) is 3.08. The molecule has 1 aromatic rings. The number of amides is 2. The lowest BCUT2D eigenvalue weighted by atomic mass is 9.88. The first-order valence-electron chi connectivity index (χ1n) is 8.24. The minimum Gasteiger partial charge on any atom is -0.378 e. The fourth-order valence-electron chi connectivity index (χ4n) is 3.44. The molecule has 7 nitrogen and oxygen atoms in total. The van der Waals surface area contributed by atoms with Crippen LogP contribution in [0.4, 0.5) is 0 Å². The van der Waals surface area contributed by atoms with Crippen molar-refractivity contribution in [2.75, 3.05) is 53.1 Å². The van der Waals surface area contributed by atoms with Gasteiger partial charge in [0.05, 0.1) is 19.1 Å². The van der Waals surface area contributed by atoms with E-state index in [1.165, 1.54) is 7.11 Å². The molecule has 24 heavy (non-hydrogen) atoms. The predicted octanol–water partition coefficient (Wildman–Crippen LogP) is 0.129. The first-order valence-corrected chi connectivity index (χ1v) is 8.24. The number of rotatable bonds is 4. The standard InChI is InChI=1S/C17H23N3O4/c1-23-12-16(21)20-10-14(13-2-4-18-5-3-13)15(11-20)17(22)19-6-8-24-9-7-19/h2-5,14-15H,6-12H2,1H3/t14-,15?/m0/s1. The highest BCUT2D eigenvalue weighted by Crippen LogP contribution is 2.34. The van der Waals surface area contributed by atoms with Gasteiger partial charge in [0.2, 0.25) is 11.8 Å². The van der Waals surface area contributed by atoms with E-state index >= 15 is 0 Å². The summed E-state index contributed by atoms with van der Waals surface area (Å²) in [7, 11) is 1.50. The third-order valence-electron chi connectivity index (χ3n) is 4.71. The summed E-state index contributed by atoms with van der Waals surface area (Å²) in [5.74, 6) is -0.211. The van der Waals surface area contributed by atoms with Gasteiger partial charge in [-0.2, -0.15) is 0 Å². The predicted molar refractivity (Wildman–Crippen MR) is 86.3 cm³/mol. The van der Waals surface area contributed by atoms with Gasteiger partial charge in [0, 0.05) is 51.6 Å². The van der Waals surface area contributed by atoms with Crippen LogP contribution in [0.3, 0.4) is 0 Å². The second kappa shape index (κ2) is 7.72. The van der Waals surface area contributed by atoms with E-state index in [2.05, 4.69) is 4.98 Å². The number of methoxy groups -OCH3 is 1. The molecule has 0 saturated carbocycles. The molecule has 0 spiro atoms. The van der Waals surface area contributed by atoms with Crippen LogP contribution in [0, 0.1) is 5.92 Å². The summed E-state index contributed by atoms with van der Waals surface area (Å²) in [5.41, 5.74) is 1.05. The van der Waals surface area contributed by atoms with Crippen LogP contribution in [0.2, 0.25) is 0 Å². The lowest BCUT2D eigenvalue weighted by molar-refractivity contribution is -0.140. The molecule has 1 unspecified atom stereocenters. The van der Waals surface area contributed by atoms with Gasteiger partial charge in [0.15, 0.2) is 0 Å². The zero-order valence-corrected chi connectivity index (χ0v) is 13.9. The SMILES string of the molecule is COCC(=O)N1CC(C(=O)N2CCOCC2)[C@H](c2ccncc2)C1. The zero-order chi connectivity index (χ0) is 16.9. The van der Waals surface area contributed by atoms with Crippen molar-refractivity contribution in [3.05, 3.63) is 30.1 Å². The van der Waals surface area contributed by atoms with Gasteiger partial charge in [-0.1, -0.05) is 0 Å². The van der Waals surface area contributed by atoms with Crippen LogP contribution in [0.25, 0.3) is 0 Å². The smallest absolute Gasteiger partial charge is 0.248 e. The van der Waals surface area contributed by atoms with Gasteiger partial charge < -0.3 is 19.3 Å². The molecule has 1 aromatic heterocycles. The fourth-order valence-corrected chi connectivity index (χ4v) is 3.44. The van der Waals surface area contributed by atoms with Crippen molar-refractivity contribution in [2.24, 2.45) is 5.92 Å². The molecule has 0 aromatic carbocycles. The van der Waals surface area contributed by atoms with Crippen molar-refractivity contribution in [2.45, 2.75) is 5.92 Å². The molecular formula is C17H23N3O4. The van der Waals surface area contributed by atoms with Crippen molar-refractivity contribution < 1.29 is 19.1 Å². The highest BCUT2D eigenvalue weighted by atomic mass is 16.5. The highest BCUT2D eigenvalue weighted by Gasteiger charge is 2.42. The summed E-state index contributed by atoms with van der Waals surface area (Å²) in [6.45, 7) is 3.39. The summed E-state index contributed by atoms with van der Waals surface area (Å²) < 4.78 is 10.3. The summed E-state index contributed by atoms with van der Waals surface area (Å²) in [5, 5.41) is 0. The van der Waals surface area contributed by atoms with Crippen molar-refractivity contribution in [3.63, 3.8) is 0 Å². The van der Waals surface area contributed by atoms with Gasteiger partial charge in [0.1, 0.15) is 6.61 Å². The van der Waals surface area contributed by atoms with E-state index in [1.54, 1.807) is 17.3 Å². The molecule has 2 saturated heterocycles. The van der Waals surface area contributed by atoms with Crippen LogP contribution >= 0.6 is 0 Å². The molecule has 2 amide bonds. The lowest BCUT2D eigenvalue weighted by Crippen LogP contribution is -2.45. The maximum absolute atomic E-state index is 13.0. The number of carbonyl (C=O) groups is 2. The normalized spacial score (nSPS) is 24.2. The van der Waals surface area contributed by atoms with Gasteiger partial charge in [-0.25, -0.2) is 0 Å². The molecule has 130 valence electrons. The Morgan fingerprint density at radius 1 is 1.21 bits per heavy atom. The van der Waals surface area contributed by atoms with Crippen LogP contribution in [0.1, 0.15) is 11.5 Å². The van der Waals surface area contributed by atoms with Crippen molar-refractivity contribution in [1.82, 2.24) is 14.8 Å². The lowest BCUT2D eigenvalue weighted by Gasteiger charge is -2.30. The molecule has 2 atom stereocenters. The number of hydrogen-bond acceptors (Lipinski definition) is 5. The van der Waals surface area contributed by atoms with Crippen LogP contribution in [0.15, 0.2) is 24.5 Å². The van der Waals surface area contributed by atoms with Crippen LogP contribution < -0.4 is 0 Å². The average molecular weight is 333 g/mol. The molecule has 3 rings (SSSR count). The molecular weight excluding hydrogens is 310 g/mol. The third kappa shape index (κ3) is 3.57. The summed E-state index contributed by atoms with van der Waals surface area (Å²) >= 11 is 0. The number of ether oxygens (including phenoxy) is 2. The van der Waals surface area contributed by atoms with E-state index in [1.807, 2.05) is 17.0 Å². The quantitative estimate of drug-likeness (QED) is 0.783. The Morgan fingerprint density at radius 3 is 2.58 bits per heavy atom. The number of hydrogen-bond donors (Lipinski definition) is 0. The van der Waals surface area contributed by atoms with E-state index < -0.39 is 0 Å². The van der Waals surface area contributed by atoms with E-state index in [0.717, 1.165) is 5.56 Å². The molecule has 0 N–H and O–H groups in total. The van der Waals surface area contributed by atoms with E-state index in [9.17, 15) is 9.59 Å². The Bertz CT molecular complexity index is 574. The van der Waals surface area contributed by atoms with Crippen LogP contribution in [0.5, 0.6) is 0 Å². The second-order valence-electron chi connectivity index (χ2n) is 6.16. The minimum atomic E-state index is -0.230. The zero-order valence-electron chi connectivity index (χ0n) is 13.9. The van der Waals surface area contributed by atoms with Crippen molar-refractivity contribution in [1.29, 1.82) is 0 Å². The van der Waals surface area contributed by atoms with E-state index in [4.69, 9.17) is 9.47 Å². The Balaban J connectivity index is 1.79. The third-order valence-corrected chi connectivity index (χ3v) is 4.71. The highest BCUT2D eigenvalue weighted by molar-refractivity contribution is 5.84.